The standard InChI is InChI=1S/C27H35F2N7.C6H11N/c1-16(23-25(19-10-11-19)31-15-30-23)32-24(20-9-6-12-27(28,29)13-20)21-14-36-26(33-21)34-22(17(2)35-36)18-7-4-3-5-8-18;1-6-4-2-3-5-7-6/h14,18-20,24,32H,1,3-13,15H2,2H3;7H,1-5H2. The van der Waals surface area contributed by atoms with Crippen molar-refractivity contribution in [3.63, 3.8) is 0 Å². The van der Waals surface area contributed by atoms with Crippen LogP contribution >= 0.6 is 0 Å². The first-order chi connectivity index (χ1) is 20.8. The van der Waals surface area contributed by atoms with Crippen LogP contribution in [-0.4, -0.2) is 50.1 Å². The third-order valence-electron chi connectivity index (χ3n) is 9.57. The SMILES string of the molecule is C=C(NC(c1cn2nc(C)c(C3CCCCC3)nc2n1)C1CCCC(F)(F)C1)C1=NCN=C1C1CC1.C=C1CCCCN1. The molecule has 0 radical (unpaired) electrons. The van der Waals surface area contributed by atoms with Crippen molar-refractivity contribution in [2.45, 2.75) is 115 Å². The quantitative estimate of drug-likeness (QED) is 0.362. The molecule has 0 spiro atoms. The summed E-state index contributed by atoms with van der Waals surface area (Å²) in [4.78, 5) is 18.9. The van der Waals surface area contributed by atoms with Gasteiger partial charge in [-0.25, -0.2) is 23.3 Å². The summed E-state index contributed by atoms with van der Waals surface area (Å²) in [5, 5.41) is 11.4. The van der Waals surface area contributed by atoms with Crippen molar-refractivity contribution in [1.29, 1.82) is 0 Å². The lowest BCUT2D eigenvalue weighted by Gasteiger charge is -2.35. The number of hydrogen-bond acceptors (Lipinski definition) is 7. The molecule has 43 heavy (non-hydrogen) atoms. The Bertz CT molecular complexity index is 1390. The van der Waals surface area contributed by atoms with Crippen LogP contribution in [0.25, 0.3) is 5.78 Å². The molecule has 0 bridgehead atoms. The number of nitrogens with zero attached hydrogens (tertiary/aromatic N) is 6. The number of aryl methyl sites for hydroxylation is 1. The van der Waals surface area contributed by atoms with Crippen molar-refractivity contribution in [2.24, 2.45) is 21.8 Å². The van der Waals surface area contributed by atoms with Gasteiger partial charge in [-0.3, -0.25) is 9.98 Å². The summed E-state index contributed by atoms with van der Waals surface area (Å²) < 4.78 is 30.7. The fourth-order valence-electron chi connectivity index (χ4n) is 7.11. The fraction of sp³-hybridized carbons (Fsp3) is 0.667. The first-order valence-electron chi connectivity index (χ1n) is 16.4. The Kier molecular flexibility index (Phi) is 8.91. The Morgan fingerprint density at radius 2 is 1.84 bits per heavy atom. The highest BCUT2D eigenvalue weighted by molar-refractivity contribution is 6.50. The summed E-state index contributed by atoms with van der Waals surface area (Å²) in [6.07, 6.45) is 14.9. The van der Waals surface area contributed by atoms with Crippen LogP contribution < -0.4 is 10.6 Å². The zero-order valence-corrected chi connectivity index (χ0v) is 25.6. The zero-order valence-electron chi connectivity index (χ0n) is 25.6. The van der Waals surface area contributed by atoms with Crippen molar-refractivity contribution in [1.82, 2.24) is 30.2 Å². The van der Waals surface area contributed by atoms with E-state index in [2.05, 4.69) is 33.8 Å². The van der Waals surface area contributed by atoms with Crippen LogP contribution in [0.3, 0.4) is 0 Å². The van der Waals surface area contributed by atoms with E-state index in [1.165, 1.54) is 44.2 Å². The lowest BCUT2D eigenvalue weighted by atomic mass is 9.80. The van der Waals surface area contributed by atoms with Gasteiger partial charge >= 0.3 is 0 Å². The van der Waals surface area contributed by atoms with Crippen molar-refractivity contribution < 1.29 is 8.78 Å². The maximum atomic E-state index is 14.5. The van der Waals surface area contributed by atoms with Crippen molar-refractivity contribution in [3.05, 3.63) is 47.8 Å². The van der Waals surface area contributed by atoms with Gasteiger partial charge in [0.05, 0.1) is 40.7 Å². The highest BCUT2D eigenvalue weighted by Gasteiger charge is 2.41. The van der Waals surface area contributed by atoms with Crippen molar-refractivity contribution in [3.8, 4) is 0 Å². The van der Waals surface area contributed by atoms with Gasteiger partial charge in [0.25, 0.3) is 5.78 Å². The number of fused-ring (bicyclic) bond motifs is 1. The molecule has 0 aromatic carbocycles. The van der Waals surface area contributed by atoms with Gasteiger partial charge in [0.1, 0.15) is 12.4 Å². The number of alkyl halides is 2. The second-order valence-corrected chi connectivity index (χ2v) is 13.1. The number of aromatic nitrogens is 4. The van der Waals surface area contributed by atoms with E-state index in [1.54, 1.807) is 4.52 Å². The maximum absolute atomic E-state index is 14.5. The molecule has 1 saturated heterocycles. The predicted molar refractivity (Wildman–Crippen MR) is 167 cm³/mol. The number of aliphatic imine (C=N–C) groups is 2. The molecule has 2 N–H and O–H groups in total. The van der Waals surface area contributed by atoms with Gasteiger partial charge in [0, 0.05) is 36.9 Å². The smallest absolute Gasteiger partial charge is 0.251 e. The average Bonchev–Trinajstić information content (AvgIpc) is 3.57. The van der Waals surface area contributed by atoms with E-state index >= 15 is 0 Å². The van der Waals surface area contributed by atoms with E-state index in [-0.39, 0.29) is 18.8 Å². The molecule has 232 valence electrons. The Labute approximate surface area is 253 Å². The van der Waals surface area contributed by atoms with E-state index < -0.39 is 12.0 Å². The molecule has 8 nitrogen and oxygen atoms in total. The minimum Gasteiger partial charge on any atom is -0.389 e. The second-order valence-electron chi connectivity index (χ2n) is 13.1. The van der Waals surface area contributed by atoms with E-state index in [0.717, 1.165) is 55.0 Å². The molecule has 4 fully saturated rings. The highest BCUT2D eigenvalue weighted by atomic mass is 19.3. The second kappa shape index (κ2) is 12.8. The molecule has 2 atom stereocenters. The van der Waals surface area contributed by atoms with E-state index in [4.69, 9.17) is 15.1 Å². The summed E-state index contributed by atoms with van der Waals surface area (Å²) in [6.45, 7) is 11.6. The number of rotatable bonds is 7. The number of imidazole rings is 1. The molecule has 0 amide bonds. The number of hydrogen-bond donors (Lipinski definition) is 2. The van der Waals surface area contributed by atoms with Gasteiger partial charge in [-0.1, -0.05) is 32.4 Å². The van der Waals surface area contributed by atoms with Gasteiger partial charge in [0.2, 0.25) is 5.92 Å². The number of halogens is 2. The van der Waals surface area contributed by atoms with Crippen LogP contribution in [0.4, 0.5) is 8.78 Å². The molecule has 2 aromatic rings. The molecule has 5 aliphatic rings. The van der Waals surface area contributed by atoms with Crippen LogP contribution in [0.2, 0.25) is 0 Å². The minimum absolute atomic E-state index is 0.0550. The van der Waals surface area contributed by atoms with Crippen LogP contribution in [0, 0.1) is 18.8 Å². The molecule has 2 aliphatic heterocycles. The van der Waals surface area contributed by atoms with Gasteiger partial charge in [-0.2, -0.15) is 5.10 Å². The molecular weight excluding hydrogens is 546 g/mol. The Balaban J connectivity index is 0.000000415. The normalized spacial score (nSPS) is 24.8. The number of allylic oxidation sites excluding steroid dienone is 2. The Morgan fingerprint density at radius 1 is 1.02 bits per heavy atom. The number of piperidine rings is 1. The first-order valence-corrected chi connectivity index (χ1v) is 16.4. The van der Waals surface area contributed by atoms with Crippen molar-refractivity contribution >= 4 is 17.2 Å². The van der Waals surface area contributed by atoms with Crippen LogP contribution in [-0.2, 0) is 0 Å². The van der Waals surface area contributed by atoms with Crippen LogP contribution in [0.5, 0.6) is 0 Å². The van der Waals surface area contributed by atoms with Crippen LogP contribution in [0.15, 0.2) is 40.7 Å². The Morgan fingerprint density at radius 3 is 2.51 bits per heavy atom. The summed E-state index contributed by atoms with van der Waals surface area (Å²) in [5.74, 6) is -1.54. The largest absolute Gasteiger partial charge is 0.389 e. The van der Waals surface area contributed by atoms with Crippen molar-refractivity contribution in [2.75, 3.05) is 13.2 Å². The summed E-state index contributed by atoms with van der Waals surface area (Å²) in [6, 6.07) is -0.422. The zero-order chi connectivity index (χ0) is 30.0. The van der Waals surface area contributed by atoms with Gasteiger partial charge in [0.15, 0.2) is 0 Å². The minimum atomic E-state index is -2.67. The lowest BCUT2D eigenvalue weighted by Crippen LogP contribution is -2.37. The monoisotopic (exact) mass is 592 g/mol. The molecule has 2 aromatic heterocycles. The molecule has 10 heteroatoms. The van der Waals surface area contributed by atoms with Crippen LogP contribution in [0.1, 0.15) is 119 Å². The summed E-state index contributed by atoms with van der Waals surface area (Å²) >= 11 is 0. The number of nitrogens with one attached hydrogen (secondary N) is 2. The summed E-state index contributed by atoms with van der Waals surface area (Å²) in [7, 11) is 0. The highest BCUT2D eigenvalue weighted by Crippen LogP contribution is 2.43. The molecular formula is C33H46F2N8. The molecule has 2 unspecified atom stereocenters. The maximum Gasteiger partial charge on any atom is 0.251 e. The average molecular weight is 593 g/mol. The summed E-state index contributed by atoms with van der Waals surface area (Å²) in [5.41, 5.74) is 6.29. The molecule has 7 rings (SSSR count). The topological polar surface area (TPSA) is 91.9 Å². The third-order valence-corrected chi connectivity index (χ3v) is 9.57. The lowest BCUT2D eigenvalue weighted by molar-refractivity contribution is -0.0579. The van der Waals surface area contributed by atoms with E-state index in [0.29, 0.717) is 48.5 Å². The first kappa shape index (κ1) is 29.9. The van der Waals surface area contributed by atoms with Gasteiger partial charge in [-0.05, 0) is 70.6 Å². The molecule has 4 heterocycles. The van der Waals surface area contributed by atoms with Gasteiger partial charge in [-0.15, -0.1) is 0 Å². The third kappa shape index (κ3) is 7.15. The van der Waals surface area contributed by atoms with E-state index in [1.807, 2.05) is 13.1 Å². The predicted octanol–water partition coefficient (Wildman–Crippen LogP) is 6.99. The Hall–Kier alpha value is -3.17. The fourth-order valence-corrected chi connectivity index (χ4v) is 7.11. The van der Waals surface area contributed by atoms with Gasteiger partial charge < -0.3 is 10.6 Å². The molecule has 3 saturated carbocycles. The van der Waals surface area contributed by atoms with E-state index in [9.17, 15) is 8.78 Å². The molecule has 3 aliphatic carbocycles.